The lowest BCUT2D eigenvalue weighted by Gasteiger charge is -2.22. The Morgan fingerprint density at radius 1 is 1.29 bits per heavy atom. The number of rotatable bonds is 8. The van der Waals surface area contributed by atoms with Crippen molar-refractivity contribution in [1.29, 1.82) is 0 Å². The molecule has 3 N–H and O–H groups in total. The maximum absolute atomic E-state index is 12.6. The van der Waals surface area contributed by atoms with Crippen molar-refractivity contribution in [1.82, 2.24) is 14.8 Å². The van der Waals surface area contributed by atoms with Crippen molar-refractivity contribution in [3.05, 3.63) is 18.0 Å². The third kappa shape index (κ3) is 4.81. The van der Waals surface area contributed by atoms with E-state index in [0.29, 0.717) is 31.0 Å². The van der Waals surface area contributed by atoms with Crippen LogP contribution in [0.4, 0.5) is 5.69 Å². The van der Waals surface area contributed by atoms with Crippen LogP contribution in [-0.4, -0.2) is 40.9 Å². The average Bonchev–Trinajstić information content (AvgIpc) is 2.85. The van der Waals surface area contributed by atoms with E-state index in [1.807, 2.05) is 25.3 Å². The van der Waals surface area contributed by atoms with Crippen LogP contribution in [0.3, 0.4) is 0 Å². The molecule has 0 fully saturated rings. The highest BCUT2D eigenvalue weighted by Crippen LogP contribution is 2.13. The number of nitrogens with one attached hydrogen (secondary N) is 1. The molecule has 1 aromatic heterocycles. The third-order valence-corrected chi connectivity index (χ3v) is 3.16. The molecule has 0 bridgehead atoms. The van der Waals surface area contributed by atoms with Crippen molar-refractivity contribution in [2.45, 2.75) is 40.2 Å². The topological polar surface area (TPSA) is 80.4 Å². The van der Waals surface area contributed by atoms with Gasteiger partial charge in [0, 0.05) is 25.8 Å². The van der Waals surface area contributed by atoms with Gasteiger partial charge in [-0.2, -0.15) is 0 Å². The average molecular weight is 294 g/mol. The summed E-state index contributed by atoms with van der Waals surface area (Å²) >= 11 is 0. The Labute approximate surface area is 126 Å². The van der Waals surface area contributed by atoms with Gasteiger partial charge in [0.1, 0.15) is 5.69 Å². The molecular weight excluding hydrogens is 268 g/mol. The predicted octanol–water partition coefficient (Wildman–Crippen LogP) is 1.47. The third-order valence-electron chi connectivity index (χ3n) is 3.16. The van der Waals surface area contributed by atoms with E-state index in [-0.39, 0.29) is 18.4 Å². The number of carbonyl (C=O) groups is 2. The summed E-state index contributed by atoms with van der Waals surface area (Å²) in [4.78, 5) is 26.0. The fraction of sp³-hybridized carbons (Fsp3) is 0.600. The number of amides is 2. The Hall–Kier alpha value is -1.98. The molecule has 2 amide bonds. The second-order valence-electron chi connectivity index (χ2n) is 5.02. The van der Waals surface area contributed by atoms with Crippen LogP contribution in [0.1, 0.15) is 44.1 Å². The largest absolute Gasteiger partial charge is 0.397 e. The van der Waals surface area contributed by atoms with Crippen LogP contribution in [-0.2, 0) is 11.3 Å². The molecule has 0 aliphatic heterocycles. The number of hydrogen-bond acceptors (Lipinski definition) is 3. The Morgan fingerprint density at radius 2 is 2.00 bits per heavy atom. The highest BCUT2D eigenvalue weighted by Gasteiger charge is 2.21. The van der Waals surface area contributed by atoms with Gasteiger partial charge in [-0.3, -0.25) is 9.59 Å². The molecule has 21 heavy (non-hydrogen) atoms. The zero-order chi connectivity index (χ0) is 15.8. The van der Waals surface area contributed by atoms with Crippen LogP contribution in [0.15, 0.2) is 12.3 Å². The lowest BCUT2D eigenvalue weighted by molar-refractivity contribution is -0.121. The molecule has 0 aliphatic carbocycles. The minimum Gasteiger partial charge on any atom is -0.397 e. The summed E-state index contributed by atoms with van der Waals surface area (Å²) in [5.41, 5.74) is 6.86. The van der Waals surface area contributed by atoms with E-state index in [4.69, 9.17) is 5.73 Å². The van der Waals surface area contributed by atoms with Gasteiger partial charge in [0.15, 0.2) is 0 Å². The molecule has 0 radical (unpaired) electrons. The molecule has 0 saturated heterocycles. The number of aryl methyl sites for hydroxylation is 1. The standard InChI is InChI=1S/C15H26N4O2/c1-4-7-17-14(20)11-19(8-5-2)15(21)13-9-12(16)10-18(13)6-3/h9-10H,4-8,11,16H2,1-3H3,(H,17,20). The first kappa shape index (κ1) is 17.1. The van der Waals surface area contributed by atoms with E-state index in [0.717, 1.165) is 12.8 Å². The van der Waals surface area contributed by atoms with Gasteiger partial charge in [-0.05, 0) is 25.8 Å². The molecule has 6 nitrogen and oxygen atoms in total. The van der Waals surface area contributed by atoms with Gasteiger partial charge in [0.25, 0.3) is 5.91 Å². The number of aromatic nitrogens is 1. The Balaban J connectivity index is 2.83. The van der Waals surface area contributed by atoms with Crippen molar-refractivity contribution in [3.8, 4) is 0 Å². The normalized spacial score (nSPS) is 10.4. The number of nitrogens with zero attached hydrogens (tertiary/aromatic N) is 2. The second kappa shape index (κ2) is 8.34. The summed E-state index contributed by atoms with van der Waals surface area (Å²) in [5, 5.41) is 2.80. The molecule has 1 aromatic rings. The number of anilines is 1. The summed E-state index contributed by atoms with van der Waals surface area (Å²) in [6.07, 6.45) is 3.42. The Kier molecular flexibility index (Phi) is 6.78. The smallest absolute Gasteiger partial charge is 0.271 e. The van der Waals surface area contributed by atoms with Gasteiger partial charge in [-0.25, -0.2) is 0 Å². The first-order valence-electron chi connectivity index (χ1n) is 7.55. The molecule has 1 heterocycles. The van der Waals surface area contributed by atoms with E-state index < -0.39 is 0 Å². The van der Waals surface area contributed by atoms with Gasteiger partial charge in [0.2, 0.25) is 5.91 Å². The SMILES string of the molecule is CCCNC(=O)CN(CCC)C(=O)c1cc(N)cn1CC. The van der Waals surface area contributed by atoms with Crippen LogP contribution < -0.4 is 11.1 Å². The highest BCUT2D eigenvalue weighted by atomic mass is 16.2. The van der Waals surface area contributed by atoms with Gasteiger partial charge < -0.3 is 20.5 Å². The minimum absolute atomic E-state index is 0.0848. The summed E-state index contributed by atoms with van der Waals surface area (Å²) in [6, 6.07) is 1.67. The summed E-state index contributed by atoms with van der Waals surface area (Å²) in [5.74, 6) is -0.275. The number of nitrogens with two attached hydrogens (primary N) is 1. The van der Waals surface area contributed by atoms with E-state index in [1.54, 1.807) is 17.2 Å². The predicted molar refractivity (Wildman–Crippen MR) is 84.0 cm³/mol. The van der Waals surface area contributed by atoms with Crippen molar-refractivity contribution in [3.63, 3.8) is 0 Å². The second-order valence-corrected chi connectivity index (χ2v) is 5.02. The zero-order valence-corrected chi connectivity index (χ0v) is 13.2. The minimum atomic E-state index is -0.151. The summed E-state index contributed by atoms with van der Waals surface area (Å²) < 4.78 is 1.81. The van der Waals surface area contributed by atoms with Crippen LogP contribution in [0, 0.1) is 0 Å². The van der Waals surface area contributed by atoms with Gasteiger partial charge in [-0.1, -0.05) is 13.8 Å². The van der Waals surface area contributed by atoms with Crippen LogP contribution in [0.25, 0.3) is 0 Å². The monoisotopic (exact) mass is 294 g/mol. The first-order valence-corrected chi connectivity index (χ1v) is 7.55. The maximum Gasteiger partial charge on any atom is 0.271 e. The molecule has 0 spiro atoms. The van der Waals surface area contributed by atoms with E-state index >= 15 is 0 Å². The van der Waals surface area contributed by atoms with Crippen LogP contribution in [0.2, 0.25) is 0 Å². The number of hydrogen-bond donors (Lipinski definition) is 2. The molecule has 118 valence electrons. The maximum atomic E-state index is 12.6. The van der Waals surface area contributed by atoms with Crippen LogP contribution >= 0.6 is 0 Å². The first-order chi connectivity index (χ1) is 10.0. The fourth-order valence-electron chi connectivity index (χ4n) is 2.15. The zero-order valence-electron chi connectivity index (χ0n) is 13.2. The van der Waals surface area contributed by atoms with Crippen LogP contribution in [0.5, 0.6) is 0 Å². The Morgan fingerprint density at radius 3 is 2.57 bits per heavy atom. The molecule has 0 unspecified atom stereocenters. The lowest BCUT2D eigenvalue weighted by Crippen LogP contribution is -2.41. The van der Waals surface area contributed by atoms with Crippen molar-refractivity contribution in [2.24, 2.45) is 0 Å². The van der Waals surface area contributed by atoms with E-state index in [1.165, 1.54) is 0 Å². The molecule has 0 atom stereocenters. The van der Waals surface area contributed by atoms with Gasteiger partial charge in [-0.15, -0.1) is 0 Å². The molecule has 0 aromatic carbocycles. The van der Waals surface area contributed by atoms with E-state index in [2.05, 4.69) is 5.32 Å². The number of carbonyl (C=O) groups excluding carboxylic acids is 2. The summed E-state index contributed by atoms with van der Waals surface area (Å²) in [6.45, 7) is 7.86. The summed E-state index contributed by atoms with van der Waals surface area (Å²) in [7, 11) is 0. The number of nitrogen functional groups attached to an aromatic ring is 1. The van der Waals surface area contributed by atoms with Crippen molar-refractivity contribution >= 4 is 17.5 Å². The van der Waals surface area contributed by atoms with Gasteiger partial charge in [0.05, 0.1) is 12.2 Å². The van der Waals surface area contributed by atoms with Crippen molar-refractivity contribution in [2.75, 3.05) is 25.4 Å². The van der Waals surface area contributed by atoms with E-state index in [9.17, 15) is 9.59 Å². The molecule has 6 heteroatoms. The van der Waals surface area contributed by atoms with Crippen molar-refractivity contribution < 1.29 is 9.59 Å². The molecule has 0 aliphatic rings. The lowest BCUT2D eigenvalue weighted by atomic mass is 10.3. The molecular formula is C15H26N4O2. The highest BCUT2D eigenvalue weighted by molar-refractivity contribution is 5.96. The fourth-order valence-corrected chi connectivity index (χ4v) is 2.15. The Bertz CT molecular complexity index is 482. The molecule has 1 rings (SSSR count). The quantitative estimate of drug-likeness (QED) is 0.762. The van der Waals surface area contributed by atoms with Gasteiger partial charge >= 0.3 is 0 Å². The molecule has 0 saturated carbocycles.